The zero-order valence-electron chi connectivity index (χ0n) is 15.6. The van der Waals surface area contributed by atoms with Crippen LogP contribution in [0.3, 0.4) is 0 Å². The van der Waals surface area contributed by atoms with Crippen LogP contribution in [0, 0.1) is 6.92 Å². The fraction of sp³-hybridized carbons (Fsp3) is 0.0909. The Balaban J connectivity index is 0.00000225. The number of benzene rings is 3. The molecule has 0 bridgehead atoms. The van der Waals surface area contributed by atoms with Crippen LogP contribution in [0.15, 0.2) is 72.8 Å². The number of aryl methyl sites for hydroxylation is 1. The molecule has 0 amide bonds. The third-order valence-corrected chi connectivity index (χ3v) is 4.51. The molecule has 4 aromatic rings. The number of halogens is 1. The molecule has 0 radical (unpaired) electrons. The molecule has 0 saturated carbocycles. The van der Waals surface area contributed by atoms with Crippen molar-refractivity contribution in [3.8, 4) is 5.75 Å². The van der Waals surface area contributed by atoms with E-state index in [-0.39, 0.29) is 22.7 Å². The summed E-state index contributed by atoms with van der Waals surface area (Å²) in [4.78, 5) is 11.4. The summed E-state index contributed by atoms with van der Waals surface area (Å²) in [5, 5.41) is 14.1. The van der Waals surface area contributed by atoms with E-state index < -0.39 is 0 Å². The Morgan fingerprint density at radius 2 is 1.61 bits per heavy atom. The highest BCUT2D eigenvalue weighted by atomic mass is 79.9. The molecule has 2 N–H and O–H groups in total. The van der Waals surface area contributed by atoms with Gasteiger partial charge in [-0.15, -0.1) is 17.0 Å². The SMILES string of the molecule is Br.Cc1ccccc1Nc1nc(N(C)c2ccccc2)c2cc(O)ccc2n1. The number of aromatic hydroxyl groups is 1. The largest absolute Gasteiger partial charge is 0.508 e. The van der Waals surface area contributed by atoms with Gasteiger partial charge in [0.2, 0.25) is 5.95 Å². The first-order chi connectivity index (χ1) is 13.1. The maximum absolute atomic E-state index is 9.96. The number of hydrogen-bond donors (Lipinski definition) is 2. The van der Waals surface area contributed by atoms with Gasteiger partial charge in [-0.1, -0.05) is 36.4 Å². The highest BCUT2D eigenvalue weighted by Crippen LogP contribution is 2.32. The van der Waals surface area contributed by atoms with Crippen molar-refractivity contribution in [2.24, 2.45) is 0 Å². The van der Waals surface area contributed by atoms with Gasteiger partial charge >= 0.3 is 0 Å². The van der Waals surface area contributed by atoms with Crippen molar-refractivity contribution < 1.29 is 5.11 Å². The Hall–Kier alpha value is -3.12. The van der Waals surface area contributed by atoms with E-state index in [0.29, 0.717) is 5.95 Å². The molecule has 0 saturated heterocycles. The van der Waals surface area contributed by atoms with Crippen molar-refractivity contribution in [2.75, 3.05) is 17.3 Å². The minimum absolute atomic E-state index is 0. The lowest BCUT2D eigenvalue weighted by Gasteiger charge is -2.21. The third-order valence-electron chi connectivity index (χ3n) is 4.51. The van der Waals surface area contributed by atoms with Crippen LogP contribution < -0.4 is 10.2 Å². The van der Waals surface area contributed by atoms with Gasteiger partial charge in [0.25, 0.3) is 0 Å². The van der Waals surface area contributed by atoms with Crippen LogP contribution in [0.5, 0.6) is 5.75 Å². The van der Waals surface area contributed by atoms with Crippen molar-refractivity contribution in [1.29, 1.82) is 0 Å². The Morgan fingerprint density at radius 1 is 0.893 bits per heavy atom. The third kappa shape index (κ3) is 3.92. The fourth-order valence-corrected chi connectivity index (χ4v) is 3.02. The first kappa shape index (κ1) is 19.6. The van der Waals surface area contributed by atoms with Gasteiger partial charge in [-0.05, 0) is 48.9 Å². The van der Waals surface area contributed by atoms with E-state index in [1.54, 1.807) is 18.2 Å². The number of aromatic nitrogens is 2. The summed E-state index contributed by atoms with van der Waals surface area (Å²) in [6.45, 7) is 2.04. The Labute approximate surface area is 174 Å². The van der Waals surface area contributed by atoms with Gasteiger partial charge in [0, 0.05) is 23.8 Å². The normalized spacial score (nSPS) is 10.4. The number of para-hydroxylation sites is 2. The Kier molecular flexibility index (Phi) is 5.80. The molecule has 1 heterocycles. The molecule has 0 fully saturated rings. The summed E-state index contributed by atoms with van der Waals surface area (Å²) in [5.41, 5.74) is 3.84. The lowest BCUT2D eigenvalue weighted by atomic mass is 10.2. The second kappa shape index (κ2) is 8.27. The smallest absolute Gasteiger partial charge is 0.229 e. The van der Waals surface area contributed by atoms with Crippen LogP contribution in [0.4, 0.5) is 23.1 Å². The first-order valence-electron chi connectivity index (χ1n) is 8.74. The topological polar surface area (TPSA) is 61.3 Å². The fourth-order valence-electron chi connectivity index (χ4n) is 3.02. The second-order valence-corrected chi connectivity index (χ2v) is 6.41. The lowest BCUT2D eigenvalue weighted by Crippen LogP contribution is -2.13. The molecule has 6 heteroatoms. The van der Waals surface area contributed by atoms with Gasteiger partial charge in [-0.25, -0.2) is 4.98 Å². The molecule has 0 aliphatic carbocycles. The van der Waals surface area contributed by atoms with Crippen LogP contribution in [-0.2, 0) is 0 Å². The maximum Gasteiger partial charge on any atom is 0.229 e. The molecular formula is C22H21BrN4O. The number of phenolic OH excluding ortho intramolecular Hbond substituents is 1. The second-order valence-electron chi connectivity index (χ2n) is 6.41. The monoisotopic (exact) mass is 436 g/mol. The highest BCUT2D eigenvalue weighted by Gasteiger charge is 2.14. The molecular weight excluding hydrogens is 416 g/mol. The van der Waals surface area contributed by atoms with Crippen molar-refractivity contribution >= 4 is 51.0 Å². The molecule has 0 spiro atoms. The number of rotatable bonds is 4. The molecule has 0 aliphatic rings. The van der Waals surface area contributed by atoms with E-state index in [1.165, 1.54) is 0 Å². The van der Waals surface area contributed by atoms with E-state index in [4.69, 9.17) is 4.98 Å². The summed E-state index contributed by atoms with van der Waals surface area (Å²) in [5.74, 6) is 1.42. The average molecular weight is 437 g/mol. The van der Waals surface area contributed by atoms with Crippen LogP contribution in [-0.4, -0.2) is 22.1 Å². The van der Waals surface area contributed by atoms with Gasteiger partial charge < -0.3 is 15.3 Å². The first-order valence-corrected chi connectivity index (χ1v) is 8.74. The van der Waals surface area contributed by atoms with Crippen LogP contribution >= 0.6 is 17.0 Å². The minimum Gasteiger partial charge on any atom is -0.508 e. The average Bonchev–Trinajstić information content (AvgIpc) is 2.69. The lowest BCUT2D eigenvalue weighted by molar-refractivity contribution is 0.476. The van der Waals surface area contributed by atoms with E-state index >= 15 is 0 Å². The molecule has 28 heavy (non-hydrogen) atoms. The summed E-state index contributed by atoms with van der Waals surface area (Å²) in [7, 11) is 1.96. The number of hydrogen-bond acceptors (Lipinski definition) is 5. The van der Waals surface area contributed by atoms with Gasteiger partial charge in [0.1, 0.15) is 11.6 Å². The number of nitrogens with one attached hydrogen (secondary N) is 1. The summed E-state index contributed by atoms with van der Waals surface area (Å²) >= 11 is 0. The number of nitrogens with zero attached hydrogens (tertiary/aromatic N) is 3. The molecule has 0 unspecified atom stereocenters. The Morgan fingerprint density at radius 3 is 2.36 bits per heavy atom. The van der Waals surface area contributed by atoms with E-state index in [9.17, 15) is 5.11 Å². The molecule has 0 aliphatic heterocycles. The summed E-state index contributed by atoms with van der Waals surface area (Å²) < 4.78 is 0. The summed E-state index contributed by atoms with van der Waals surface area (Å²) in [6, 6.07) is 23.1. The van der Waals surface area contributed by atoms with Crippen molar-refractivity contribution in [1.82, 2.24) is 9.97 Å². The molecule has 142 valence electrons. The van der Waals surface area contributed by atoms with Gasteiger partial charge in [-0.3, -0.25) is 0 Å². The molecule has 1 aromatic heterocycles. The molecule has 4 rings (SSSR count). The van der Waals surface area contributed by atoms with Crippen molar-refractivity contribution in [2.45, 2.75) is 6.92 Å². The van der Waals surface area contributed by atoms with Crippen molar-refractivity contribution in [3.05, 3.63) is 78.4 Å². The predicted molar refractivity (Wildman–Crippen MR) is 120 cm³/mol. The molecule has 0 atom stereocenters. The quantitative estimate of drug-likeness (QED) is 0.427. The van der Waals surface area contributed by atoms with E-state index in [1.807, 2.05) is 73.5 Å². The van der Waals surface area contributed by atoms with Gasteiger partial charge in [0.15, 0.2) is 0 Å². The molecule has 5 nitrogen and oxygen atoms in total. The van der Waals surface area contributed by atoms with Crippen LogP contribution in [0.1, 0.15) is 5.56 Å². The minimum atomic E-state index is 0. The maximum atomic E-state index is 9.96. The highest BCUT2D eigenvalue weighted by molar-refractivity contribution is 8.93. The Bertz CT molecular complexity index is 1100. The van der Waals surface area contributed by atoms with Crippen LogP contribution in [0.2, 0.25) is 0 Å². The van der Waals surface area contributed by atoms with E-state index in [0.717, 1.165) is 33.7 Å². The standard InChI is InChI=1S/C22H20N4O.BrH/c1-15-8-6-7-11-19(15)23-22-24-20-13-12-17(27)14-18(20)21(25-22)26(2)16-9-4-3-5-10-16;/h3-14,27H,1-2H3,(H,23,24,25);1H. The predicted octanol–water partition coefficient (Wildman–Crippen LogP) is 5.73. The number of phenols is 1. The molecule has 3 aromatic carbocycles. The van der Waals surface area contributed by atoms with Crippen LogP contribution in [0.25, 0.3) is 10.9 Å². The number of fused-ring (bicyclic) bond motifs is 1. The van der Waals surface area contributed by atoms with Crippen molar-refractivity contribution in [3.63, 3.8) is 0 Å². The van der Waals surface area contributed by atoms with E-state index in [2.05, 4.69) is 10.3 Å². The zero-order valence-corrected chi connectivity index (χ0v) is 17.3. The summed E-state index contributed by atoms with van der Waals surface area (Å²) in [6.07, 6.45) is 0. The number of anilines is 4. The zero-order chi connectivity index (χ0) is 18.8. The van der Waals surface area contributed by atoms with Gasteiger partial charge in [-0.2, -0.15) is 4.98 Å². The van der Waals surface area contributed by atoms with Gasteiger partial charge in [0.05, 0.1) is 5.52 Å².